The second kappa shape index (κ2) is 15.0. The number of halogens is 1. The van der Waals surface area contributed by atoms with Crippen molar-refractivity contribution < 1.29 is 33.3 Å². The standard InChI is InChI=1S/C32H33FN8O5S3/c1-3-8-39-9-5-24(19-13-20(33)23(14-22(19)39)40-10-6-35-7-11-40)47-15-18-16-48-30-26(29(43)41(30)27(18)31(44)45)37-28(42)25(38-46-12-4-2)21-17-49-32(34)36-21/h3-5,9,13-14,17,26,30,35H,1-2,6-8,10-12,15-16H2,(H3-,34,36,37,42,44,45)/p+1/t26?,30-/m0/s1. The number of hydrogen-bond donors (Lipinski definition) is 4. The van der Waals surface area contributed by atoms with Crippen LogP contribution < -0.4 is 25.8 Å². The number of piperazine rings is 1. The molecule has 49 heavy (non-hydrogen) atoms. The number of carbonyl (C=O) groups is 3. The highest BCUT2D eigenvalue weighted by molar-refractivity contribution is 8.01. The number of nitrogen functional groups attached to an aromatic ring is 1. The summed E-state index contributed by atoms with van der Waals surface area (Å²) in [7, 11) is 0. The van der Waals surface area contributed by atoms with E-state index in [0.717, 1.165) is 34.8 Å². The zero-order valence-corrected chi connectivity index (χ0v) is 28.7. The molecule has 2 fully saturated rings. The number of carboxylic acids is 1. The van der Waals surface area contributed by atoms with Crippen LogP contribution in [0.1, 0.15) is 5.69 Å². The number of carboxylic acid groups (broad SMARTS) is 1. The summed E-state index contributed by atoms with van der Waals surface area (Å²) in [6.45, 7) is 10.9. The number of allylic oxidation sites excluding steroid dienone is 1. The van der Waals surface area contributed by atoms with E-state index in [-0.39, 0.29) is 40.4 Å². The summed E-state index contributed by atoms with van der Waals surface area (Å²) in [5, 5.41) is 21.9. The molecule has 3 aromatic rings. The lowest BCUT2D eigenvalue weighted by molar-refractivity contribution is -0.661. The molecule has 3 aliphatic rings. The molecule has 2 aromatic heterocycles. The number of nitrogens with zero attached hydrogens (tertiary/aromatic N) is 5. The van der Waals surface area contributed by atoms with Gasteiger partial charge in [-0.1, -0.05) is 24.4 Å². The Bertz CT molecular complexity index is 1890. The minimum absolute atomic E-state index is 0.0403. The molecule has 2 saturated heterocycles. The van der Waals surface area contributed by atoms with E-state index in [1.807, 2.05) is 27.8 Å². The number of carbonyl (C=O) groups excluding carboxylic acids is 2. The van der Waals surface area contributed by atoms with Gasteiger partial charge in [0.05, 0.1) is 11.1 Å². The summed E-state index contributed by atoms with van der Waals surface area (Å²) in [5.74, 6) is -2.28. The first-order chi connectivity index (χ1) is 23.7. The molecule has 6 rings (SSSR count). The van der Waals surface area contributed by atoms with Gasteiger partial charge in [-0.25, -0.2) is 14.2 Å². The SMILES string of the molecule is C=CCON=C(C(=O)NC1C(=O)N2C(C(=O)O)=C(CSc3cc[n+](CC=C)c4cc(N5CCNCC5)c(F)cc34)CS[C@@H]12)c1csc(N)n1. The number of aromatic nitrogens is 2. The Kier molecular flexibility index (Phi) is 10.5. The number of amides is 2. The molecular weight excluding hydrogens is 692 g/mol. The molecule has 1 aromatic carbocycles. The summed E-state index contributed by atoms with van der Waals surface area (Å²) in [6, 6.07) is 4.30. The van der Waals surface area contributed by atoms with Gasteiger partial charge in [0.15, 0.2) is 23.6 Å². The van der Waals surface area contributed by atoms with Crippen molar-refractivity contribution in [3.05, 3.63) is 77.9 Å². The highest BCUT2D eigenvalue weighted by Crippen LogP contribution is 2.42. The molecule has 17 heteroatoms. The number of nitrogens with two attached hydrogens (primary N) is 1. The van der Waals surface area contributed by atoms with E-state index >= 15 is 4.39 Å². The molecule has 0 aliphatic carbocycles. The number of benzene rings is 1. The number of oxime groups is 1. The average molecular weight is 726 g/mol. The van der Waals surface area contributed by atoms with Gasteiger partial charge in [-0.3, -0.25) is 14.5 Å². The van der Waals surface area contributed by atoms with Crippen LogP contribution >= 0.6 is 34.9 Å². The highest BCUT2D eigenvalue weighted by Gasteiger charge is 2.54. The highest BCUT2D eigenvalue weighted by atomic mass is 32.2. The number of fused-ring (bicyclic) bond motifs is 2. The lowest BCUT2D eigenvalue weighted by Gasteiger charge is -2.49. The van der Waals surface area contributed by atoms with Gasteiger partial charge in [0.2, 0.25) is 5.52 Å². The normalized spacial score (nSPS) is 19.4. The summed E-state index contributed by atoms with van der Waals surface area (Å²) >= 11 is 3.85. The molecule has 1 unspecified atom stereocenters. The van der Waals surface area contributed by atoms with Crippen LogP contribution in [-0.2, 0) is 25.8 Å². The zero-order chi connectivity index (χ0) is 34.7. The van der Waals surface area contributed by atoms with Gasteiger partial charge < -0.3 is 31.2 Å². The van der Waals surface area contributed by atoms with Crippen molar-refractivity contribution in [1.29, 1.82) is 0 Å². The molecule has 2 amide bonds. The smallest absolute Gasteiger partial charge is 0.352 e. The van der Waals surface area contributed by atoms with Gasteiger partial charge in [0.1, 0.15) is 35.2 Å². The lowest BCUT2D eigenvalue weighted by atomic mass is 10.0. The molecule has 2 atom stereocenters. The van der Waals surface area contributed by atoms with Gasteiger partial charge in [0, 0.05) is 60.1 Å². The van der Waals surface area contributed by atoms with Crippen molar-refractivity contribution in [3.63, 3.8) is 0 Å². The Balaban J connectivity index is 1.22. The minimum Gasteiger partial charge on any atom is -0.477 e. The Labute approximate surface area is 293 Å². The van der Waals surface area contributed by atoms with Crippen molar-refractivity contribution in [2.45, 2.75) is 22.9 Å². The molecule has 0 radical (unpaired) electrons. The number of β-lactam (4-membered cyclic amide) rings is 1. The third-order valence-corrected chi connectivity index (χ3v) is 11.3. The maximum Gasteiger partial charge on any atom is 0.352 e. The molecule has 5 heterocycles. The summed E-state index contributed by atoms with van der Waals surface area (Å²) in [5.41, 5.74) is 7.54. The zero-order valence-electron chi connectivity index (χ0n) is 26.3. The first-order valence-corrected chi connectivity index (χ1v) is 18.2. The van der Waals surface area contributed by atoms with Gasteiger partial charge in [-0.15, -0.1) is 34.9 Å². The van der Waals surface area contributed by atoms with Crippen LogP contribution in [0.15, 0.2) is 76.4 Å². The maximum absolute atomic E-state index is 15.6. The third kappa shape index (κ3) is 7.01. The Morgan fingerprint density at radius 3 is 2.80 bits per heavy atom. The van der Waals surface area contributed by atoms with Crippen LogP contribution in [-0.4, -0.2) is 94.2 Å². The number of rotatable bonds is 13. The number of thioether (sulfide) groups is 2. The van der Waals surface area contributed by atoms with Crippen LogP contribution in [0, 0.1) is 5.82 Å². The predicted molar refractivity (Wildman–Crippen MR) is 189 cm³/mol. The van der Waals surface area contributed by atoms with Crippen molar-refractivity contribution in [1.82, 2.24) is 20.5 Å². The molecule has 5 N–H and O–H groups in total. The van der Waals surface area contributed by atoms with E-state index in [9.17, 15) is 19.5 Å². The fourth-order valence-electron chi connectivity index (χ4n) is 5.81. The van der Waals surface area contributed by atoms with Crippen molar-refractivity contribution in [3.8, 4) is 0 Å². The van der Waals surface area contributed by atoms with E-state index in [1.54, 1.807) is 17.5 Å². The van der Waals surface area contributed by atoms with Crippen LogP contribution in [0.25, 0.3) is 10.9 Å². The number of anilines is 2. The van der Waals surface area contributed by atoms with Crippen molar-refractivity contribution in [2.75, 3.05) is 54.9 Å². The number of aliphatic carboxylic acids is 1. The first-order valence-electron chi connectivity index (χ1n) is 15.3. The van der Waals surface area contributed by atoms with Gasteiger partial charge in [0.25, 0.3) is 11.8 Å². The topological polar surface area (TPSA) is 166 Å². The monoisotopic (exact) mass is 725 g/mol. The van der Waals surface area contributed by atoms with Crippen molar-refractivity contribution >= 4 is 80.1 Å². The number of thiazole rings is 1. The van der Waals surface area contributed by atoms with E-state index in [4.69, 9.17) is 10.6 Å². The summed E-state index contributed by atoms with van der Waals surface area (Å²) in [6.07, 6.45) is 5.15. The third-order valence-electron chi connectivity index (χ3n) is 8.10. The van der Waals surface area contributed by atoms with Crippen LogP contribution in [0.3, 0.4) is 0 Å². The Morgan fingerprint density at radius 1 is 1.31 bits per heavy atom. The van der Waals surface area contributed by atoms with Crippen LogP contribution in [0.2, 0.25) is 0 Å². The molecule has 3 aliphatic heterocycles. The van der Waals surface area contributed by atoms with E-state index in [2.05, 4.69) is 33.9 Å². The van der Waals surface area contributed by atoms with E-state index in [1.165, 1.54) is 34.5 Å². The number of hydrogen-bond acceptors (Lipinski definition) is 12. The minimum atomic E-state index is -1.24. The molecule has 0 spiro atoms. The van der Waals surface area contributed by atoms with Gasteiger partial charge in [-0.05, 0) is 17.7 Å². The first kappa shape index (κ1) is 34.4. The Hall–Kier alpha value is -4.45. The molecule has 0 saturated carbocycles. The molecule has 0 bridgehead atoms. The quantitative estimate of drug-likeness (QED) is 0.0389. The summed E-state index contributed by atoms with van der Waals surface area (Å²) in [4.78, 5) is 52.4. The number of pyridine rings is 1. The fourth-order valence-corrected chi connectivity index (χ4v) is 8.88. The van der Waals surface area contributed by atoms with Gasteiger partial charge in [-0.2, -0.15) is 4.57 Å². The molecule has 13 nitrogen and oxygen atoms in total. The second-order valence-corrected chi connectivity index (χ2v) is 14.2. The predicted octanol–water partition coefficient (Wildman–Crippen LogP) is 2.34. The Morgan fingerprint density at radius 2 is 2.10 bits per heavy atom. The largest absolute Gasteiger partial charge is 0.477 e. The second-order valence-electron chi connectivity index (χ2n) is 11.2. The average Bonchev–Trinajstić information content (AvgIpc) is 3.53. The number of nitrogens with one attached hydrogen (secondary N) is 2. The lowest BCUT2D eigenvalue weighted by Crippen LogP contribution is -2.71. The van der Waals surface area contributed by atoms with Crippen LogP contribution in [0.5, 0.6) is 0 Å². The van der Waals surface area contributed by atoms with Crippen molar-refractivity contribution in [2.24, 2.45) is 5.16 Å². The van der Waals surface area contributed by atoms with E-state index in [0.29, 0.717) is 42.0 Å². The van der Waals surface area contributed by atoms with Gasteiger partial charge >= 0.3 is 5.97 Å². The van der Waals surface area contributed by atoms with Crippen LogP contribution in [0.4, 0.5) is 15.2 Å². The molecule has 256 valence electrons. The molecular formula is C32H34FN8O5S3+. The maximum atomic E-state index is 15.6. The van der Waals surface area contributed by atoms with E-state index < -0.39 is 29.2 Å². The fraction of sp³-hybridized carbons (Fsp3) is 0.312. The summed E-state index contributed by atoms with van der Waals surface area (Å²) < 4.78 is 17.6.